The molecule has 92 valence electrons. The SMILES string of the molecule is CC(N)(C(=O)NC1CC=CCC1)C(F)(F)F. The van der Waals surface area contributed by atoms with Crippen LogP contribution in [0.25, 0.3) is 0 Å². The van der Waals surface area contributed by atoms with Crippen LogP contribution in [-0.4, -0.2) is 23.7 Å². The molecule has 0 saturated carbocycles. The fourth-order valence-corrected chi connectivity index (χ4v) is 1.39. The molecular formula is C10H15F3N2O. The number of halogens is 3. The van der Waals surface area contributed by atoms with Crippen molar-refractivity contribution in [3.05, 3.63) is 12.2 Å². The summed E-state index contributed by atoms with van der Waals surface area (Å²) < 4.78 is 37.3. The van der Waals surface area contributed by atoms with E-state index in [9.17, 15) is 18.0 Å². The van der Waals surface area contributed by atoms with Crippen LogP contribution in [0.15, 0.2) is 12.2 Å². The van der Waals surface area contributed by atoms with Gasteiger partial charge in [0, 0.05) is 6.04 Å². The van der Waals surface area contributed by atoms with Gasteiger partial charge in [0.25, 0.3) is 0 Å². The molecule has 0 aromatic rings. The van der Waals surface area contributed by atoms with E-state index in [1.165, 1.54) is 0 Å². The minimum atomic E-state index is -4.73. The van der Waals surface area contributed by atoms with Crippen LogP contribution in [0.5, 0.6) is 0 Å². The van der Waals surface area contributed by atoms with Gasteiger partial charge < -0.3 is 11.1 Å². The molecule has 0 fully saturated rings. The maximum absolute atomic E-state index is 12.4. The van der Waals surface area contributed by atoms with E-state index in [1.54, 1.807) is 0 Å². The average Bonchev–Trinajstić information content (AvgIpc) is 2.17. The summed E-state index contributed by atoms with van der Waals surface area (Å²) in [6.07, 6.45) is 1.01. The van der Waals surface area contributed by atoms with Crippen LogP contribution in [0.1, 0.15) is 26.2 Å². The molecule has 0 aromatic carbocycles. The van der Waals surface area contributed by atoms with Crippen molar-refractivity contribution in [2.24, 2.45) is 5.73 Å². The van der Waals surface area contributed by atoms with E-state index in [2.05, 4.69) is 5.32 Å². The van der Waals surface area contributed by atoms with Crippen LogP contribution in [-0.2, 0) is 4.79 Å². The molecule has 0 spiro atoms. The second kappa shape index (κ2) is 4.45. The summed E-state index contributed by atoms with van der Waals surface area (Å²) >= 11 is 0. The summed E-state index contributed by atoms with van der Waals surface area (Å²) in [5, 5.41) is 2.33. The zero-order valence-corrected chi connectivity index (χ0v) is 8.97. The van der Waals surface area contributed by atoms with Crippen molar-refractivity contribution in [2.75, 3.05) is 0 Å². The molecule has 0 heterocycles. The van der Waals surface area contributed by atoms with E-state index in [-0.39, 0.29) is 6.04 Å². The molecule has 0 aliphatic heterocycles. The van der Waals surface area contributed by atoms with Gasteiger partial charge in [-0.25, -0.2) is 0 Å². The van der Waals surface area contributed by atoms with Gasteiger partial charge in [0.1, 0.15) is 0 Å². The summed E-state index contributed by atoms with van der Waals surface area (Å²) in [5.41, 5.74) is 2.17. The van der Waals surface area contributed by atoms with E-state index < -0.39 is 17.6 Å². The number of rotatable bonds is 2. The molecule has 0 saturated heterocycles. The van der Waals surface area contributed by atoms with Crippen molar-refractivity contribution in [1.29, 1.82) is 0 Å². The third-order valence-electron chi connectivity index (χ3n) is 2.66. The molecule has 16 heavy (non-hydrogen) atoms. The monoisotopic (exact) mass is 236 g/mol. The third-order valence-corrected chi connectivity index (χ3v) is 2.66. The first-order valence-electron chi connectivity index (χ1n) is 5.06. The van der Waals surface area contributed by atoms with Gasteiger partial charge >= 0.3 is 6.18 Å². The number of hydrogen-bond donors (Lipinski definition) is 2. The summed E-state index contributed by atoms with van der Waals surface area (Å²) in [6.45, 7) is 0.682. The number of nitrogens with one attached hydrogen (secondary N) is 1. The molecule has 2 unspecified atom stereocenters. The number of nitrogens with two attached hydrogens (primary N) is 1. The molecule has 3 N–H and O–H groups in total. The lowest BCUT2D eigenvalue weighted by molar-refractivity contribution is -0.187. The zero-order chi connectivity index (χ0) is 12.4. The van der Waals surface area contributed by atoms with Crippen molar-refractivity contribution in [3.63, 3.8) is 0 Å². The standard InChI is InChI=1S/C10H15F3N2O/c1-9(14,10(11,12)13)8(16)15-7-5-3-2-4-6-7/h2-3,7H,4-6,14H2,1H3,(H,15,16). The molecule has 6 heteroatoms. The van der Waals surface area contributed by atoms with Gasteiger partial charge in [-0.15, -0.1) is 0 Å². The van der Waals surface area contributed by atoms with Crippen molar-refractivity contribution in [3.8, 4) is 0 Å². The molecule has 3 nitrogen and oxygen atoms in total. The predicted octanol–water partition coefficient (Wildman–Crippen LogP) is 1.49. The molecule has 1 rings (SSSR count). The fourth-order valence-electron chi connectivity index (χ4n) is 1.39. The first kappa shape index (κ1) is 13.0. The first-order chi connectivity index (χ1) is 7.25. The van der Waals surface area contributed by atoms with Crippen LogP contribution in [0.4, 0.5) is 13.2 Å². The van der Waals surface area contributed by atoms with Gasteiger partial charge in [-0.2, -0.15) is 13.2 Å². The lowest BCUT2D eigenvalue weighted by Gasteiger charge is -2.29. The number of allylic oxidation sites excluding steroid dienone is 1. The molecule has 0 aromatic heterocycles. The maximum Gasteiger partial charge on any atom is 0.415 e. The van der Waals surface area contributed by atoms with Gasteiger partial charge in [0.2, 0.25) is 5.91 Å². The number of alkyl halides is 3. The second-order valence-electron chi connectivity index (χ2n) is 4.15. The minimum Gasteiger partial charge on any atom is -0.351 e. The smallest absolute Gasteiger partial charge is 0.351 e. The highest BCUT2D eigenvalue weighted by molar-refractivity contribution is 5.86. The Balaban J connectivity index is 2.61. The topological polar surface area (TPSA) is 55.1 Å². The van der Waals surface area contributed by atoms with E-state index in [0.29, 0.717) is 19.8 Å². The van der Waals surface area contributed by atoms with Gasteiger partial charge in [0.15, 0.2) is 5.54 Å². The number of carbonyl (C=O) groups excluding carboxylic acids is 1. The summed E-state index contributed by atoms with van der Waals surface area (Å²) in [7, 11) is 0. The molecule has 0 radical (unpaired) electrons. The van der Waals surface area contributed by atoms with E-state index in [4.69, 9.17) is 5.73 Å². The predicted molar refractivity (Wildman–Crippen MR) is 53.6 cm³/mol. The Morgan fingerprint density at radius 2 is 2.06 bits per heavy atom. The van der Waals surface area contributed by atoms with Crippen molar-refractivity contribution in [2.45, 2.75) is 43.9 Å². The highest BCUT2D eigenvalue weighted by atomic mass is 19.4. The number of amides is 1. The Morgan fingerprint density at radius 3 is 2.50 bits per heavy atom. The first-order valence-corrected chi connectivity index (χ1v) is 5.06. The van der Waals surface area contributed by atoms with Gasteiger partial charge in [0.05, 0.1) is 0 Å². The molecule has 1 aliphatic rings. The normalized spacial score (nSPS) is 24.9. The average molecular weight is 236 g/mol. The number of hydrogen-bond acceptors (Lipinski definition) is 2. The van der Waals surface area contributed by atoms with Crippen molar-refractivity contribution < 1.29 is 18.0 Å². The fraction of sp³-hybridized carbons (Fsp3) is 0.700. The Labute approximate surface area is 91.9 Å². The number of carbonyl (C=O) groups is 1. The molecule has 0 bridgehead atoms. The Bertz CT molecular complexity index is 297. The minimum absolute atomic E-state index is 0.247. The van der Waals surface area contributed by atoms with Crippen LogP contribution in [0, 0.1) is 0 Å². The highest BCUT2D eigenvalue weighted by Crippen LogP contribution is 2.28. The molecular weight excluding hydrogens is 221 g/mol. The molecule has 1 aliphatic carbocycles. The van der Waals surface area contributed by atoms with Gasteiger partial charge in [-0.3, -0.25) is 4.79 Å². The molecule has 2 atom stereocenters. The zero-order valence-electron chi connectivity index (χ0n) is 8.97. The lowest BCUT2D eigenvalue weighted by Crippen LogP contribution is -2.62. The van der Waals surface area contributed by atoms with Crippen molar-refractivity contribution in [1.82, 2.24) is 5.32 Å². The quantitative estimate of drug-likeness (QED) is 0.714. The van der Waals surface area contributed by atoms with E-state index >= 15 is 0 Å². The Morgan fingerprint density at radius 1 is 1.44 bits per heavy atom. The van der Waals surface area contributed by atoms with Crippen LogP contribution < -0.4 is 11.1 Å². The Hall–Kier alpha value is -1.04. The second-order valence-corrected chi connectivity index (χ2v) is 4.15. The summed E-state index contributed by atoms with van der Waals surface area (Å²) in [5.74, 6) is -1.17. The third kappa shape index (κ3) is 2.75. The van der Waals surface area contributed by atoms with Crippen LogP contribution >= 0.6 is 0 Å². The highest BCUT2D eigenvalue weighted by Gasteiger charge is 2.54. The summed E-state index contributed by atoms with van der Waals surface area (Å²) in [6, 6.07) is -0.247. The van der Waals surface area contributed by atoms with Crippen LogP contribution in [0.2, 0.25) is 0 Å². The van der Waals surface area contributed by atoms with Crippen molar-refractivity contribution >= 4 is 5.91 Å². The van der Waals surface area contributed by atoms with E-state index in [0.717, 1.165) is 6.42 Å². The molecule has 1 amide bonds. The summed E-state index contributed by atoms with van der Waals surface area (Å²) in [4.78, 5) is 11.4. The van der Waals surface area contributed by atoms with Gasteiger partial charge in [-0.1, -0.05) is 12.2 Å². The maximum atomic E-state index is 12.4. The van der Waals surface area contributed by atoms with Crippen LogP contribution in [0.3, 0.4) is 0 Å². The van der Waals surface area contributed by atoms with Gasteiger partial charge in [-0.05, 0) is 26.2 Å². The van der Waals surface area contributed by atoms with E-state index in [1.807, 2.05) is 12.2 Å². The Kier molecular flexibility index (Phi) is 3.62. The largest absolute Gasteiger partial charge is 0.415 e. The lowest BCUT2D eigenvalue weighted by atomic mass is 9.98.